The molecular formula is C19H25NO. The Morgan fingerprint density at radius 2 is 1.67 bits per heavy atom. The monoisotopic (exact) mass is 283 g/mol. The first-order valence-electron chi connectivity index (χ1n) is 7.48. The van der Waals surface area contributed by atoms with Crippen molar-refractivity contribution in [3.63, 3.8) is 0 Å². The average Bonchev–Trinajstić information content (AvgIpc) is 2.46. The second-order valence-electron chi connectivity index (χ2n) is 6.00. The molecule has 0 saturated heterocycles. The van der Waals surface area contributed by atoms with Gasteiger partial charge in [-0.2, -0.15) is 0 Å². The van der Waals surface area contributed by atoms with Crippen LogP contribution in [0.25, 0.3) is 0 Å². The molecule has 0 fully saturated rings. The molecule has 0 aromatic heterocycles. The molecule has 0 aliphatic heterocycles. The van der Waals surface area contributed by atoms with Crippen molar-refractivity contribution in [2.75, 3.05) is 7.05 Å². The molecule has 0 radical (unpaired) electrons. The van der Waals surface area contributed by atoms with Crippen molar-refractivity contribution in [1.29, 1.82) is 0 Å². The zero-order valence-electron chi connectivity index (χ0n) is 13.4. The lowest BCUT2D eigenvalue weighted by Gasteiger charge is -2.29. The van der Waals surface area contributed by atoms with E-state index in [1.807, 2.05) is 24.3 Å². The highest BCUT2D eigenvalue weighted by Gasteiger charge is 2.20. The standard InChI is InChI=1S/C19H25NO/c1-14-8-10-18(11-9-14)19(21)16(3)20(4)13-17-7-5-6-15(2)12-17/h5-12,16,19,21H,13H2,1-4H3. The van der Waals surface area contributed by atoms with Crippen LogP contribution in [0.3, 0.4) is 0 Å². The second-order valence-corrected chi connectivity index (χ2v) is 6.00. The molecule has 2 heteroatoms. The number of hydrogen-bond donors (Lipinski definition) is 1. The molecule has 0 aliphatic carbocycles. The molecule has 21 heavy (non-hydrogen) atoms. The van der Waals surface area contributed by atoms with E-state index in [0.29, 0.717) is 0 Å². The van der Waals surface area contributed by atoms with Gasteiger partial charge in [0.05, 0.1) is 6.10 Å². The van der Waals surface area contributed by atoms with Gasteiger partial charge >= 0.3 is 0 Å². The van der Waals surface area contributed by atoms with Gasteiger partial charge in [-0.05, 0) is 38.9 Å². The molecule has 0 amide bonds. The predicted molar refractivity (Wildman–Crippen MR) is 88.2 cm³/mol. The van der Waals surface area contributed by atoms with Crippen LogP contribution in [-0.2, 0) is 6.54 Å². The van der Waals surface area contributed by atoms with E-state index in [2.05, 4.69) is 57.0 Å². The molecule has 2 rings (SSSR count). The summed E-state index contributed by atoms with van der Waals surface area (Å²) in [6.07, 6.45) is -0.472. The van der Waals surface area contributed by atoms with Crippen LogP contribution >= 0.6 is 0 Å². The van der Waals surface area contributed by atoms with Crippen LogP contribution in [-0.4, -0.2) is 23.1 Å². The van der Waals surface area contributed by atoms with E-state index in [9.17, 15) is 5.11 Å². The second kappa shape index (κ2) is 6.88. The van der Waals surface area contributed by atoms with Crippen molar-refractivity contribution >= 4 is 0 Å². The highest BCUT2D eigenvalue weighted by Crippen LogP contribution is 2.22. The van der Waals surface area contributed by atoms with Crippen LogP contribution in [0.2, 0.25) is 0 Å². The van der Waals surface area contributed by atoms with Gasteiger partial charge in [-0.3, -0.25) is 4.90 Å². The number of hydrogen-bond acceptors (Lipinski definition) is 2. The zero-order valence-corrected chi connectivity index (χ0v) is 13.4. The van der Waals surface area contributed by atoms with Gasteiger partial charge in [0.15, 0.2) is 0 Å². The fraction of sp³-hybridized carbons (Fsp3) is 0.368. The van der Waals surface area contributed by atoms with Gasteiger partial charge in [-0.25, -0.2) is 0 Å². The van der Waals surface area contributed by atoms with Crippen LogP contribution in [0.5, 0.6) is 0 Å². The van der Waals surface area contributed by atoms with E-state index in [-0.39, 0.29) is 6.04 Å². The van der Waals surface area contributed by atoms with E-state index >= 15 is 0 Å². The Balaban J connectivity index is 2.04. The minimum absolute atomic E-state index is 0.0632. The summed E-state index contributed by atoms with van der Waals surface area (Å²) in [7, 11) is 2.06. The topological polar surface area (TPSA) is 23.5 Å². The lowest BCUT2D eigenvalue weighted by Crippen LogP contribution is -2.33. The summed E-state index contributed by atoms with van der Waals surface area (Å²) < 4.78 is 0. The third-order valence-electron chi connectivity index (χ3n) is 4.09. The number of aliphatic hydroxyl groups is 1. The molecule has 112 valence electrons. The van der Waals surface area contributed by atoms with Crippen molar-refractivity contribution in [3.8, 4) is 0 Å². The normalized spacial score (nSPS) is 14.2. The quantitative estimate of drug-likeness (QED) is 0.900. The van der Waals surface area contributed by atoms with E-state index in [1.165, 1.54) is 16.7 Å². The Kier molecular flexibility index (Phi) is 5.16. The summed E-state index contributed by atoms with van der Waals surface area (Å²) in [5, 5.41) is 10.5. The summed E-state index contributed by atoms with van der Waals surface area (Å²) in [5.74, 6) is 0. The van der Waals surface area contributed by atoms with Crippen molar-refractivity contribution in [3.05, 3.63) is 70.8 Å². The summed E-state index contributed by atoms with van der Waals surface area (Å²) in [6, 6.07) is 16.7. The van der Waals surface area contributed by atoms with Crippen LogP contribution in [0.15, 0.2) is 48.5 Å². The van der Waals surface area contributed by atoms with Crippen LogP contribution in [0.4, 0.5) is 0 Å². The maximum absolute atomic E-state index is 10.5. The third-order valence-corrected chi connectivity index (χ3v) is 4.09. The summed E-state index contributed by atoms with van der Waals surface area (Å²) in [5.41, 5.74) is 4.74. The fourth-order valence-corrected chi connectivity index (χ4v) is 2.53. The number of rotatable bonds is 5. The SMILES string of the molecule is Cc1ccc(C(O)C(C)N(C)Cc2cccc(C)c2)cc1. The highest BCUT2D eigenvalue weighted by atomic mass is 16.3. The fourth-order valence-electron chi connectivity index (χ4n) is 2.53. The largest absolute Gasteiger partial charge is 0.387 e. The van der Waals surface area contributed by atoms with Gasteiger partial charge in [0, 0.05) is 12.6 Å². The molecule has 2 unspecified atom stereocenters. The molecule has 2 atom stereocenters. The van der Waals surface area contributed by atoms with Gasteiger partial charge in [0.2, 0.25) is 0 Å². The highest BCUT2D eigenvalue weighted by molar-refractivity contribution is 5.25. The van der Waals surface area contributed by atoms with Gasteiger partial charge < -0.3 is 5.11 Å². The van der Waals surface area contributed by atoms with Gasteiger partial charge in [0.25, 0.3) is 0 Å². The van der Waals surface area contributed by atoms with Crippen molar-refractivity contribution in [2.45, 2.75) is 39.5 Å². The van der Waals surface area contributed by atoms with Gasteiger partial charge in [-0.1, -0.05) is 59.7 Å². The predicted octanol–water partition coefficient (Wildman–Crippen LogP) is 3.86. The molecule has 2 aromatic carbocycles. The average molecular weight is 283 g/mol. The summed E-state index contributed by atoms with van der Waals surface area (Å²) in [4.78, 5) is 2.19. The Morgan fingerprint density at radius 3 is 2.29 bits per heavy atom. The van der Waals surface area contributed by atoms with Crippen molar-refractivity contribution < 1.29 is 5.11 Å². The molecule has 2 aromatic rings. The third kappa shape index (κ3) is 4.16. The molecule has 0 spiro atoms. The Morgan fingerprint density at radius 1 is 1.00 bits per heavy atom. The maximum atomic E-state index is 10.5. The van der Waals surface area contributed by atoms with Gasteiger partial charge in [0.1, 0.15) is 0 Å². The molecular weight excluding hydrogens is 258 g/mol. The van der Waals surface area contributed by atoms with Crippen LogP contribution < -0.4 is 0 Å². The number of aliphatic hydroxyl groups excluding tert-OH is 1. The summed E-state index contributed by atoms with van der Waals surface area (Å²) in [6.45, 7) is 7.07. The van der Waals surface area contributed by atoms with Crippen molar-refractivity contribution in [1.82, 2.24) is 4.90 Å². The van der Waals surface area contributed by atoms with E-state index < -0.39 is 6.10 Å². The smallest absolute Gasteiger partial charge is 0.0942 e. The number of benzene rings is 2. The minimum atomic E-state index is -0.472. The first-order chi connectivity index (χ1) is 9.97. The molecule has 0 bridgehead atoms. The van der Waals surface area contributed by atoms with Crippen molar-refractivity contribution in [2.24, 2.45) is 0 Å². The van der Waals surface area contributed by atoms with E-state index in [0.717, 1.165) is 12.1 Å². The van der Waals surface area contributed by atoms with Gasteiger partial charge in [-0.15, -0.1) is 0 Å². The molecule has 0 aliphatic rings. The number of likely N-dealkylation sites (N-methyl/N-ethyl adjacent to an activating group) is 1. The van der Waals surface area contributed by atoms with Crippen LogP contribution in [0.1, 0.15) is 35.3 Å². The van der Waals surface area contributed by atoms with E-state index in [4.69, 9.17) is 0 Å². The Hall–Kier alpha value is -1.64. The molecule has 0 heterocycles. The van der Waals surface area contributed by atoms with E-state index in [1.54, 1.807) is 0 Å². The zero-order chi connectivity index (χ0) is 15.4. The Bertz CT molecular complexity index is 576. The van der Waals surface area contributed by atoms with Crippen LogP contribution in [0, 0.1) is 13.8 Å². The number of nitrogens with zero attached hydrogens (tertiary/aromatic N) is 1. The molecule has 1 N–H and O–H groups in total. The summed E-state index contributed by atoms with van der Waals surface area (Å²) >= 11 is 0. The number of aryl methyl sites for hydroxylation is 2. The maximum Gasteiger partial charge on any atom is 0.0942 e. The lowest BCUT2D eigenvalue weighted by atomic mass is 10.0. The minimum Gasteiger partial charge on any atom is -0.387 e. The first-order valence-corrected chi connectivity index (χ1v) is 7.48. The molecule has 2 nitrogen and oxygen atoms in total. The first kappa shape index (κ1) is 15.7. The Labute approximate surface area is 128 Å². The molecule has 0 saturated carbocycles. The lowest BCUT2D eigenvalue weighted by molar-refractivity contribution is 0.0688.